The van der Waals surface area contributed by atoms with E-state index in [1.54, 1.807) is 68.0 Å². The van der Waals surface area contributed by atoms with Crippen LogP contribution in [0.3, 0.4) is 0 Å². The normalized spacial score (nSPS) is 10.8. The molecule has 10 nitrogen and oxygen atoms in total. The van der Waals surface area contributed by atoms with Gasteiger partial charge in [-0.2, -0.15) is 4.98 Å². The molecule has 5 aromatic rings. The molecule has 0 radical (unpaired) electrons. The van der Waals surface area contributed by atoms with Crippen LogP contribution in [0.15, 0.2) is 82.2 Å². The van der Waals surface area contributed by atoms with Gasteiger partial charge in [-0.3, -0.25) is 14.2 Å². The third kappa shape index (κ3) is 4.92. The highest BCUT2D eigenvalue weighted by Gasteiger charge is 2.14. The molecule has 0 saturated carbocycles. The van der Waals surface area contributed by atoms with Crippen LogP contribution in [0.1, 0.15) is 21.8 Å². The Bertz CT molecular complexity index is 1660. The lowest BCUT2D eigenvalue weighted by Crippen LogP contribution is -2.20. The predicted molar refractivity (Wildman–Crippen MR) is 143 cm³/mol. The monoisotopic (exact) mass is 511 g/mol. The van der Waals surface area contributed by atoms with Crippen LogP contribution in [0.4, 0.5) is 11.6 Å². The van der Waals surface area contributed by atoms with E-state index in [0.29, 0.717) is 46.6 Å². The summed E-state index contributed by atoms with van der Waals surface area (Å²) in [5.41, 5.74) is 2.46. The Balaban J connectivity index is 1.43. The van der Waals surface area contributed by atoms with Crippen LogP contribution in [0.2, 0.25) is 0 Å². The summed E-state index contributed by atoms with van der Waals surface area (Å²) in [4.78, 5) is 34.9. The molecule has 2 N–H and O–H groups in total. The molecule has 0 aliphatic heterocycles. The van der Waals surface area contributed by atoms with Gasteiger partial charge in [-0.15, -0.1) is 0 Å². The highest BCUT2D eigenvalue weighted by Crippen LogP contribution is 2.30. The number of nitrogens with one attached hydrogen (secondary N) is 2. The van der Waals surface area contributed by atoms with Crippen molar-refractivity contribution in [1.29, 1.82) is 0 Å². The van der Waals surface area contributed by atoms with Crippen molar-refractivity contribution in [2.45, 2.75) is 13.5 Å². The molecule has 3 aromatic heterocycles. The summed E-state index contributed by atoms with van der Waals surface area (Å²) in [6.07, 6.45) is 1.60. The van der Waals surface area contributed by atoms with E-state index in [9.17, 15) is 9.59 Å². The number of nitrogens with zero attached hydrogens (tertiary/aromatic N) is 3. The fraction of sp³-hybridized carbons (Fsp3) is 0.143. The summed E-state index contributed by atoms with van der Waals surface area (Å²) in [5.74, 6) is 1.87. The number of hydrogen-bond donors (Lipinski definition) is 2. The molecular weight excluding hydrogens is 486 g/mol. The van der Waals surface area contributed by atoms with Crippen molar-refractivity contribution in [3.63, 3.8) is 0 Å². The number of amides is 1. The molecule has 0 fully saturated rings. The highest BCUT2D eigenvalue weighted by molar-refractivity contribution is 6.04. The maximum atomic E-state index is 12.9. The van der Waals surface area contributed by atoms with Crippen LogP contribution in [0.5, 0.6) is 11.5 Å². The van der Waals surface area contributed by atoms with E-state index in [-0.39, 0.29) is 11.5 Å². The van der Waals surface area contributed by atoms with Gasteiger partial charge in [0.25, 0.3) is 11.5 Å². The highest BCUT2D eigenvalue weighted by atomic mass is 16.5. The van der Waals surface area contributed by atoms with Crippen LogP contribution >= 0.6 is 0 Å². The van der Waals surface area contributed by atoms with Crippen molar-refractivity contribution in [1.82, 2.24) is 14.5 Å². The van der Waals surface area contributed by atoms with Gasteiger partial charge in [-0.25, -0.2) is 4.98 Å². The number of rotatable bonds is 8. The summed E-state index contributed by atoms with van der Waals surface area (Å²) < 4.78 is 17.4. The lowest BCUT2D eigenvalue weighted by molar-refractivity contribution is 0.102. The van der Waals surface area contributed by atoms with Gasteiger partial charge in [0.15, 0.2) is 17.1 Å². The number of carbonyl (C=O) groups excluding carboxylic acids is 1. The van der Waals surface area contributed by atoms with E-state index in [1.807, 2.05) is 13.0 Å². The first-order chi connectivity index (χ1) is 18.5. The van der Waals surface area contributed by atoms with E-state index >= 15 is 0 Å². The second-order valence-corrected chi connectivity index (χ2v) is 8.38. The Kier molecular flexibility index (Phi) is 6.77. The van der Waals surface area contributed by atoms with Gasteiger partial charge in [0.1, 0.15) is 5.76 Å². The van der Waals surface area contributed by atoms with Crippen LogP contribution in [0, 0.1) is 6.92 Å². The molecule has 0 atom stereocenters. The van der Waals surface area contributed by atoms with Gasteiger partial charge >= 0.3 is 0 Å². The Morgan fingerprint density at radius 3 is 2.47 bits per heavy atom. The number of ether oxygens (including phenoxy) is 2. The third-order valence-corrected chi connectivity index (χ3v) is 5.97. The van der Waals surface area contributed by atoms with Crippen molar-refractivity contribution in [2.24, 2.45) is 0 Å². The lowest BCUT2D eigenvalue weighted by Gasteiger charge is -2.13. The van der Waals surface area contributed by atoms with Crippen molar-refractivity contribution < 1.29 is 18.7 Å². The molecule has 0 bridgehead atoms. The molecule has 1 amide bonds. The molecule has 10 heteroatoms. The second-order valence-electron chi connectivity index (χ2n) is 8.38. The first-order valence-corrected chi connectivity index (χ1v) is 11.8. The molecular formula is C28H25N5O5. The molecule has 0 aliphatic carbocycles. The molecule has 0 unspecified atom stereocenters. The van der Waals surface area contributed by atoms with Crippen molar-refractivity contribution >= 4 is 28.6 Å². The number of benzene rings is 2. The Labute approximate surface area is 217 Å². The van der Waals surface area contributed by atoms with Crippen molar-refractivity contribution in [2.75, 3.05) is 24.9 Å². The van der Waals surface area contributed by atoms with Gasteiger partial charge in [-0.05, 0) is 61.5 Å². The van der Waals surface area contributed by atoms with E-state index in [4.69, 9.17) is 13.9 Å². The molecule has 2 aromatic carbocycles. The first kappa shape index (κ1) is 24.6. The zero-order valence-electron chi connectivity index (χ0n) is 21.0. The number of fused-ring (bicyclic) bond motifs is 1. The number of methoxy groups -OCH3 is 2. The average Bonchev–Trinajstić information content (AvgIpc) is 3.45. The number of pyridine rings is 1. The molecule has 192 valence electrons. The number of hydrogen-bond acceptors (Lipinski definition) is 8. The van der Waals surface area contributed by atoms with Gasteiger partial charge in [-0.1, -0.05) is 0 Å². The number of aryl methyl sites for hydroxylation is 1. The Hall–Kier alpha value is -5.12. The average molecular weight is 512 g/mol. The van der Waals surface area contributed by atoms with Gasteiger partial charge in [0.2, 0.25) is 5.95 Å². The summed E-state index contributed by atoms with van der Waals surface area (Å²) in [5, 5.41) is 6.72. The smallest absolute Gasteiger partial charge is 0.256 e. The summed E-state index contributed by atoms with van der Waals surface area (Å²) in [7, 11) is 3.08. The fourth-order valence-corrected chi connectivity index (χ4v) is 4.05. The number of carbonyl (C=O) groups is 1. The maximum Gasteiger partial charge on any atom is 0.256 e. The van der Waals surface area contributed by atoms with Crippen LogP contribution in [-0.2, 0) is 6.54 Å². The fourth-order valence-electron chi connectivity index (χ4n) is 4.05. The SMILES string of the molecule is COc1ccc(NC(=O)c2ccc(-n3c(=O)ccc4c(C)nc(NCc5ccco5)nc43)cc2)cc1OC. The first-order valence-electron chi connectivity index (χ1n) is 11.8. The summed E-state index contributed by atoms with van der Waals surface area (Å²) >= 11 is 0. The minimum Gasteiger partial charge on any atom is -0.493 e. The van der Waals surface area contributed by atoms with Gasteiger partial charge in [0, 0.05) is 28.8 Å². The lowest BCUT2D eigenvalue weighted by atomic mass is 10.1. The van der Waals surface area contributed by atoms with E-state index in [0.717, 1.165) is 16.8 Å². The second kappa shape index (κ2) is 10.5. The quantitative estimate of drug-likeness (QED) is 0.311. The van der Waals surface area contributed by atoms with E-state index < -0.39 is 0 Å². The van der Waals surface area contributed by atoms with Gasteiger partial charge < -0.3 is 24.5 Å². The summed E-state index contributed by atoms with van der Waals surface area (Å²) in [6.45, 7) is 2.26. The Morgan fingerprint density at radius 1 is 0.974 bits per heavy atom. The number of aromatic nitrogens is 3. The Morgan fingerprint density at radius 2 is 1.76 bits per heavy atom. The third-order valence-electron chi connectivity index (χ3n) is 5.97. The molecule has 0 spiro atoms. The molecule has 0 aliphatic rings. The van der Waals surface area contributed by atoms with Crippen molar-refractivity contribution in [3.8, 4) is 17.2 Å². The van der Waals surface area contributed by atoms with Crippen LogP contribution < -0.4 is 25.7 Å². The van der Waals surface area contributed by atoms with Crippen LogP contribution in [0.25, 0.3) is 16.7 Å². The standard InChI is InChI=1S/C28H25N5O5/c1-17-22-11-13-25(34)33(26(22)32-28(30-17)29-16-21-5-4-14-38-21)20-9-6-18(7-10-20)27(35)31-19-8-12-23(36-2)24(15-19)37-3/h4-15H,16H2,1-3H3,(H,31,35)(H,29,30,32). The molecule has 3 heterocycles. The van der Waals surface area contributed by atoms with Gasteiger partial charge in [0.05, 0.1) is 38.4 Å². The predicted octanol–water partition coefficient (Wildman–Crippen LogP) is 4.56. The largest absolute Gasteiger partial charge is 0.493 e. The number of furan rings is 1. The maximum absolute atomic E-state index is 12.9. The minimum absolute atomic E-state index is 0.255. The topological polar surface area (TPSA) is 121 Å². The van der Waals surface area contributed by atoms with E-state index in [1.165, 1.54) is 17.7 Å². The molecule has 38 heavy (non-hydrogen) atoms. The van der Waals surface area contributed by atoms with Crippen molar-refractivity contribution in [3.05, 3.63) is 100 Å². The molecule has 5 rings (SSSR count). The molecule has 0 saturated heterocycles. The minimum atomic E-state index is -0.309. The zero-order chi connectivity index (χ0) is 26.6. The summed E-state index contributed by atoms with van der Waals surface area (Å²) in [6, 6.07) is 18.7. The van der Waals surface area contributed by atoms with Crippen LogP contribution in [-0.4, -0.2) is 34.7 Å². The van der Waals surface area contributed by atoms with E-state index in [2.05, 4.69) is 20.6 Å². The zero-order valence-corrected chi connectivity index (χ0v) is 21.0. The number of anilines is 2.